The Morgan fingerprint density at radius 2 is 1.79 bits per heavy atom. The maximum absolute atomic E-state index is 12.0. The number of ketones is 1. The predicted molar refractivity (Wildman–Crippen MR) is 84.8 cm³/mol. The minimum absolute atomic E-state index is 0.248. The number of hydrogen-bond acceptors (Lipinski definition) is 2. The molecule has 0 N–H and O–H groups in total. The molecule has 0 aliphatic carbocycles. The average Bonchev–Trinajstić information content (AvgIpc) is 2.41. The number of benzene rings is 2. The van der Waals surface area contributed by atoms with Crippen molar-refractivity contribution < 1.29 is 4.79 Å². The van der Waals surface area contributed by atoms with Crippen LogP contribution >= 0.6 is 27.7 Å². The van der Waals surface area contributed by atoms with Crippen molar-refractivity contribution in [3.05, 3.63) is 64.1 Å². The van der Waals surface area contributed by atoms with E-state index in [1.807, 2.05) is 24.3 Å². The van der Waals surface area contributed by atoms with Gasteiger partial charge in [0.15, 0.2) is 0 Å². The van der Waals surface area contributed by atoms with Crippen LogP contribution in [0.2, 0.25) is 0 Å². The van der Waals surface area contributed by atoms with Crippen molar-refractivity contribution in [3.63, 3.8) is 0 Å². The molecule has 98 valence electrons. The van der Waals surface area contributed by atoms with Gasteiger partial charge in [-0.25, -0.2) is 0 Å². The van der Waals surface area contributed by atoms with Crippen LogP contribution in [0.3, 0.4) is 0 Å². The normalized spacial score (nSPS) is 10.4. The van der Waals surface area contributed by atoms with Gasteiger partial charge in [0.1, 0.15) is 5.78 Å². The SMILES string of the molecule is Cc1ccc(SCC(=O)Cc2ccccc2Br)cc1. The van der Waals surface area contributed by atoms with Crippen LogP contribution in [-0.4, -0.2) is 11.5 Å². The zero-order valence-electron chi connectivity index (χ0n) is 10.7. The van der Waals surface area contributed by atoms with Crippen molar-refractivity contribution in [1.82, 2.24) is 0 Å². The van der Waals surface area contributed by atoms with Gasteiger partial charge in [-0.1, -0.05) is 51.8 Å². The largest absolute Gasteiger partial charge is 0.298 e. The summed E-state index contributed by atoms with van der Waals surface area (Å²) in [5, 5.41) is 0. The summed E-state index contributed by atoms with van der Waals surface area (Å²) in [6.45, 7) is 2.06. The first kappa shape index (κ1) is 14.4. The van der Waals surface area contributed by atoms with E-state index in [0.29, 0.717) is 12.2 Å². The highest BCUT2D eigenvalue weighted by Crippen LogP contribution is 2.21. The first-order valence-electron chi connectivity index (χ1n) is 6.10. The maximum atomic E-state index is 12.0. The minimum Gasteiger partial charge on any atom is -0.298 e. The van der Waals surface area contributed by atoms with Crippen LogP contribution in [0.25, 0.3) is 0 Å². The molecule has 0 atom stereocenters. The van der Waals surface area contributed by atoms with Crippen molar-refractivity contribution in [3.8, 4) is 0 Å². The number of aryl methyl sites for hydroxylation is 1. The van der Waals surface area contributed by atoms with Gasteiger partial charge in [-0.2, -0.15) is 0 Å². The molecule has 0 amide bonds. The Labute approximate surface area is 126 Å². The first-order chi connectivity index (χ1) is 9.15. The van der Waals surface area contributed by atoms with Crippen molar-refractivity contribution in [2.24, 2.45) is 0 Å². The quantitative estimate of drug-likeness (QED) is 0.739. The lowest BCUT2D eigenvalue weighted by molar-refractivity contribution is -0.116. The highest BCUT2D eigenvalue weighted by atomic mass is 79.9. The Balaban J connectivity index is 1.88. The lowest BCUT2D eigenvalue weighted by atomic mass is 10.1. The molecule has 0 aliphatic heterocycles. The summed E-state index contributed by atoms with van der Waals surface area (Å²) in [5.74, 6) is 0.766. The van der Waals surface area contributed by atoms with E-state index in [-0.39, 0.29) is 5.78 Å². The van der Waals surface area contributed by atoms with E-state index in [1.165, 1.54) is 5.56 Å². The Bertz CT molecular complexity index is 563. The zero-order chi connectivity index (χ0) is 13.7. The molecule has 0 aliphatic rings. The van der Waals surface area contributed by atoms with E-state index < -0.39 is 0 Å². The molecule has 0 aromatic heterocycles. The Morgan fingerprint density at radius 1 is 1.11 bits per heavy atom. The summed E-state index contributed by atoms with van der Waals surface area (Å²) in [4.78, 5) is 13.1. The van der Waals surface area contributed by atoms with Crippen LogP contribution in [0.1, 0.15) is 11.1 Å². The van der Waals surface area contributed by atoms with E-state index >= 15 is 0 Å². The van der Waals surface area contributed by atoms with Gasteiger partial charge in [0.2, 0.25) is 0 Å². The van der Waals surface area contributed by atoms with Gasteiger partial charge in [-0.3, -0.25) is 4.79 Å². The lowest BCUT2D eigenvalue weighted by Crippen LogP contribution is -2.06. The highest BCUT2D eigenvalue weighted by Gasteiger charge is 2.07. The van der Waals surface area contributed by atoms with E-state index in [1.54, 1.807) is 11.8 Å². The molecule has 2 rings (SSSR count). The smallest absolute Gasteiger partial charge is 0.147 e. The summed E-state index contributed by atoms with van der Waals surface area (Å²) in [6, 6.07) is 16.1. The molecule has 0 bridgehead atoms. The predicted octanol–water partition coefficient (Wildman–Crippen LogP) is 4.66. The second kappa shape index (κ2) is 6.92. The van der Waals surface area contributed by atoms with Crippen molar-refractivity contribution >= 4 is 33.5 Å². The molecule has 0 unspecified atom stereocenters. The van der Waals surface area contributed by atoms with E-state index in [4.69, 9.17) is 0 Å². The van der Waals surface area contributed by atoms with E-state index in [9.17, 15) is 4.79 Å². The van der Waals surface area contributed by atoms with Gasteiger partial charge < -0.3 is 0 Å². The van der Waals surface area contributed by atoms with Crippen molar-refractivity contribution in [1.29, 1.82) is 0 Å². The second-order valence-electron chi connectivity index (χ2n) is 4.41. The standard InChI is InChI=1S/C16H15BrOS/c1-12-6-8-15(9-7-12)19-11-14(18)10-13-4-2-3-5-16(13)17/h2-9H,10-11H2,1H3. The highest BCUT2D eigenvalue weighted by molar-refractivity contribution is 9.10. The first-order valence-corrected chi connectivity index (χ1v) is 7.87. The molecule has 0 spiro atoms. The summed E-state index contributed by atoms with van der Waals surface area (Å²) < 4.78 is 1.00. The van der Waals surface area contributed by atoms with Crippen LogP contribution in [0.5, 0.6) is 0 Å². The number of Topliss-reactive ketones (excluding diaryl/α,β-unsaturated/α-hetero) is 1. The molecular formula is C16H15BrOS. The molecule has 3 heteroatoms. The fourth-order valence-corrected chi connectivity index (χ4v) is 2.89. The number of rotatable bonds is 5. The third kappa shape index (κ3) is 4.51. The number of carbonyl (C=O) groups excluding carboxylic acids is 1. The van der Waals surface area contributed by atoms with Gasteiger partial charge in [-0.15, -0.1) is 11.8 Å². The molecule has 0 saturated heterocycles. The van der Waals surface area contributed by atoms with Crippen LogP contribution in [0.4, 0.5) is 0 Å². The summed E-state index contributed by atoms with van der Waals surface area (Å²) in [7, 11) is 0. The summed E-state index contributed by atoms with van der Waals surface area (Å²) in [5.41, 5.74) is 2.29. The number of thioether (sulfide) groups is 1. The van der Waals surface area contributed by atoms with E-state index in [0.717, 1.165) is 14.9 Å². The maximum Gasteiger partial charge on any atom is 0.147 e. The van der Waals surface area contributed by atoms with Crippen LogP contribution in [-0.2, 0) is 11.2 Å². The molecular weight excluding hydrogens is 320 g/mol. The molecule has 19 heavy (non-hydrogen) atoms. The van der Waals surface area contributed by atoms with Gasteiger partial charge in [-0.05, 0) is 30.7 Å². The third-order valence-corrected chi connectivity index (χ3v) is 4.61. The van der Waals surface area contributed by atoms with Gasteiger partial charge >= 0.3 is 0 Å². The molecule has 0 fully saturated rings. The van der Waals surface area contributed by atoms with Gasteiger partial charge in [0.25, 0.3) is 0 Å². The molecule has 2 aromatic carbocycles. The number of hydrogen-bond donors (Lipinski definition) is 0. The number of carbonyl (C=O) groups is 1. The Morgan fingerprint density at radius 3 is 2.47 bits per heavy atom. The molecule has 0 saturated carbocycles. The molecule has 1 nitrogen and oxygen atoms in total. The average molecular weight is 335 g/mol. The summed E-state index contributed by atoms with van der Waals surface area (Å²) >= 11 is 5.07. The minimum atomic E-state index is 0.248. The van der Waals surface area contributed by atoms with Gasteiger partial charge in [0.05, 0.1) is 5.75 Å². The number of halogens is 1. The van der Waals surface area contributed by atoms with E-state index in [2.05, 4.69) is 47.1 Å². The summed E-state index contributed by atoms with van der Waals surface area (Å²) in [6.07, 6.45) is 0.486. The Kier molecular flexibility index (Phi) is 5.23. The third-order valence-electron chi connectivity index (χ3n) is 2.77. The van der Waals surface area contributed by atoms with Crippen molar-refractivity contribution in [2.45, 2.75) is 18.2 Å². The zero-order valence-corrected chi connectivity index (χ0v) is 13.1. The van der Waals surface area contributed by atoms with Crippen LogP contribution in [0, 0.1) is 6.92 Å². The fraction of sp³-hybridized carbons (Fsp3) is 0.188. The molecule has 2 aromatic rings. The van der Waals surface area contributed by atoms with Crippen LogP contribution < -0.4 is 0 Å². The lowest BCUT2D eigenvalue weighted by Gasteiger charge is -2.04. The van der Waals surface area contributed by atoms with Crippen LogP contribution in [0.15, 0.2) is 57.9 Å². The second-order valence-corrected chi connectivity index (χ2v) is 6.31. The van der Waals surface area contributed by atoms with Gasteiger partial charge in [0, 0.05) is 15.8 Å². The fourth-order valence-electron chi connectivity index (χ4n) is 1.70. The topological polar surface area (TPSA) is 17.1 Å². The van der Waals surface area contributed by atoms with Crippen molar-refractivity contribution in [2.75, 3.05) is 5.75 Å². The Hall–Kier alpha value is -1.06. The molecule has 0 heterocycles. The molecule has 0 radical (unpaired) electrons. The monoisotopic (exact) mass is 334 g/mol.